The van der Waals surface area contributed by atoms with E-state index < -0.39 is 5.82 Å². The fraction of sp³-hybridized carbons (Fsp3) is 0.333. The molecule has 8 heteroatoms. The Morgan fingerprint density at radius 2 is 2.03 bits per heavy atom. The zero-order chi connectivity index (χ0) is 24.9. The number of aryl methyl sites for hydroxylation is 2. The molecule has 1 aromatic heterocycles. The highest BCUT2D eigenvalue weighted by atomic mass is 19.1. The summed E-state index contributed by atoms with van der Waals surface area (Å²) in [5.41, 5.74) is 4.38. The van der Waals surface area contributed by atoms with Gasteiger partial charge in [-0.05, 0) is 68.9 Å². The van der Waals surface area contributed by atoms with Crippen LogP contribution in [0.15, 0.2) is 53.2 Å². The van der Waals surface area contributed by atoms with Gasteiger partial charge in [-0.2, -0.15) is 10.4 Å². The SMILES string of the molecule is Cc1c2cc(C3C=C(C(=O)N4CCC(N(C)C)C4)N=C3c3ccc(C#N)c(F)c3)ccc2nn1C. The zero-order valence-electron chi connectivity index (χ0n) is 20.3. The van der Waals surface area contributed by atoms with Crippen LogP contribution in [0, 0.1) is 24.1 Å². The van der Waals surface area contributed by atoms with Gasteiger partial charge < -0.3 is 9.80 Å². The minimum Gasteiger partial charge on any atom is -0.336 e. The molecule has 2 aliphatic rings. The number of aromatic nitrogens is 2. The zero-order valence-corrected chi connectivity index (χ0v) is 20.3. The van der Waals surface area contributed by atoms with Crippen molar-refractivity contribution in [3.63, 3.8) is 0 Å². The van der Waals surface area contributed by atoms with Crippen LogP contribution in [0.4, 0.5) is 4.39 Å². The highest BCUT2D eigenvalue weighted by molar-refractivity contribution is 6.13. The average Bonchev–Trinajstić information content (AvgIpc) is 3.57. The van der Waals surface area contributed by atoms with Crippen LogP contribution < -0.4 is 0 Å². The standard InChI is InChI=1S/C27H27FN6O/c1-16-21-11-17(7-8-24(21)31-33(16)4)22-13-25(27(35)34-10-9-20(15-34)32(2)3)30-26(22)18-5-6-19(14-29)23(28)12-18/h5-8,11-13,20,22H,9-10,15H2,1-4H3. The van der Waals surface area contributed by atoms with Gasteiger partial charge in [-0.15, -0.1) is 0 Å². The van der Waals surface area contributed by atoms with E-state index in [1.165, 1.54) is 12.1 Å². The number of aliphatic imine (C=N–C) groups is 1. The van der Waals surface area contributed by atoms with Gasteiger partial charge in [0, 0.05) is 43.2 Å². The van der Waals surface area contributed by atoms with Crippen molar-refractivity contribution in [2.24, 2.45) is 12.0 Å². The van der Waals surface area contributed by atoms with Crippen LogP contribution in [0.25, 0.3) is 10.9 Å². The smallest absolute Gasteiger partial charge is 0.272 e. The van der Waals surface area contributed by atoms with E-state index in [1.54, 1.807) is 6.07 Å². The first-order valence-corrected chi connectivity index (χ1v) is 11.7. The predicted octanol–water partition coefficient (Wildman–Crippen LogP) is 3.53. The molecule has 0 saturated carbocycles. The van der Waals surface area contributed by atoms with E-state index in [2.05, 4.69) is 16.1 Å². The van der Waals surface area contributed by atoms with E-state index in [0.29, 0.717) is 36.1 Å². The summed E-state index contributed by atoms with van der Waals surface area (Å²) < 4.78 is 16.4. The highest BCUT2D eigenvalue weighted by Gasteiger charge is 2.33. The maximum atomic E-state index is 14.5. The summed E-state index contributed by atoms with van der Waals surface area (Å²) in [7, 11) is 5.95. The summed E-state index contributed by atoms with van der Waals surface area (Å²) in [5, 5.41) is 14.7. The first-order valence-electron chi connectivity index (χ1n) is 11.7. The number of rotatable bonds is 4. The van der Waals surface area contributed by atoms with Crippen LogP contribution in [-0.2, 0) is 11.8 Å². The molecule has 7 nitrogen and oxygen atoms in total. The molecule has 3 aromatic rings. The third kappa shape index (κ3) is 4.02. The van der Waals surface area contributed by atoms with Crippen LogP contribution >= 0.6 is 0 Å². The number of carbonyl (C=O) groups is 1. The lowest BCUT2D eigenvalue weighted by Crippen LogP contribution is -2.34. The van der Waals surface area contributed by atoms with Crippen molar-refractivity contribution in [2.45, 2.75) is 25.3 Å². The van der Waals surface area contributed by atoms with Crippen molar-refractivity contribution in [3.05, 3.63) is 76.4 Å². The minimum atomic E-state index is -0.599. The average molecular weight is 471 g/mol. The Kier molecular flexibility index (Phi) is 5.73. The lowest BCUT2D eigenvalue weighted by atomic mass is 9.89. The lowest BCUT2D eigenvalue weighted by molar-refractivity contribution is -0.126. The Bertz CT molecular complexity index is 1440. The number of carbonyl (C=O) groups excluding carboxylic acids is 1. The van der Waals surface area contributed by atoms with Crippen LogP contribution in [0.2, 0.25) is 0 Å². The molecule has 2 unspecified atom stereocenters. The van der Waals surface area contributed by atoms with Crippen LogP contribution in [-0.4, -0.2) is 64.4 Å². The number of amides is 1. The largest absolute Gasteiger partial charge is 0.336 e. The molecule has 0 radical (unpaired) electrons. The molecule has 2 aliphatic heterocycles. The van der Waals surface area contributed by atoms with Crippen molar-refractivity contribution in [2.75, 3.05) is 27.2 Å². The summed E-state index contributed by atoms with van der Waals surface area (Å²) >= 11 is 0. The molecule has 2 aromatic carbocycles. The summed E-state index contributed by atoms with van der Waals surface area (Å²) in [6.45, 7) is 3.35. The molecule has 0 N–H and O–H groups in total. The molecule has 3 heterocycles. The fourth-order valence-corrected chi connectivity index (χ4v) is 4.90. The molecule has 2 atom stereocenters. The molecule has 1 saturated heterocycles. The first kappa shape index (κ1) is 22.9. The number of hydrogen-bond acceptors (Lipinski definition) is 5. The first-order chi connectivity index (χ1) is 16.8. The molecule has 5 rings (SSSR count). The van der Waals surface area contributed by atoms with Gasteiger partial charge in [0.05, 0.1) is 16.8 Å². The van der Waals surface area contributed by atoms with Gasteiger partial charge in [-0.25, -0.2) is 9.38 Å². The Morgan fingerprint density at radius 3 is 2.71 bits per heavy atom. The van der Waals surface area contributed by atoms with E-state index in [1.807, 2.05) is 61.9 Å². The summed E-state index contributed by atoms with van der Waals surface area (Å²) in [6.07, 6.45) is 2.80. The predicted molar refractivity (Wildman–Crippen MR) is 133 cm³/mol. The monoisotopic (exact) mass is 470 g/mol. The second kappa shape index (κ2) is 8.75. The van der Waals surface area contributed by atoms with Crippen molar-refractivity contribution in [3.8, 4) is 6.07 Å². The van der Waals surface area contributed by atoms with E-state index >= 15 is 0 Å². The quantitative estimate of drug-likeness (QED) is 0.585. The molecule has 178 valence electrons. The topological polar surface area (TPSA) is 77.5 Å². The van der Waals surface area contributed by atoms with E-state index in [4.69, 9.17) is 10.3 Å². The van der Waals surface area contributed by atoms with Crippen LogP contribution in [0.3, 0.4) is 0 Å². The number of hydrogen-bond donors (Lipinski definition) is 0. The van der Waals surface area contributed by atoms with Crippen molar-refractivity contribution in [1.82, 2.24) is 19.6 Å². The molecular formula is C27H27FN6O. The Balaban J connectivity index is 1.56. The highest BCUT2D eigenvalue weighted by Crippen LogP contribution is 2.34. The number of nitriles is 1. The van der Waals surface area contributed by atoms with Gasteiger partial charge in [-0.3, -0.25) is 9.48 Å². The second-order valence-corrected chi connectivity index (χ2v) is 9.48. The van der Waals surface area contributed by atoms with E-state index in [9.17, 15) is 9.18 Å². The number of fused-ring (bicyclic) bond motifs is 1. The molecule has 1 fully saturated rings. The van der Waals surface area contributed by atoms with Crippen molar-refractivity contribution in [1.29, 1.82) is 5.26 Å². The van der Waals surface area contributed by atoms with Gasteiger partial charge >= 0.3 is 0 Å². The van der Waals surface area contributed by atoms with Crippen molar-refractivity contribution < 1.29 is 9.18 Å². The fourth-order valence-electron chi connectivity index (χ4n) is 4.90. The Hall–Kier alpha value is -3.83. The minimum absolute atomic E-state index is 0.0210. The lowest BCUT2D eigenvalue weighted by Gasteiger charge is -2.20. The maximum absolute atomic E-state index is 14.5. The number of benzene rings is 2. The number of likely N-dealkylation sites (tertiary alicyclic amines) is 1. The summed E-state index contributed by atoms with van der Waals surface area (Å²) in [4.78, 5) is 22.1. The maximum Gasteiger partial charge on any atom is 0.272 e. The van der Waals surface area contributed by atoms with Crippen LogP contribution in [0.1, 0.15) is 34.7 Å². The molecule has 0 bridgehead atoms. The van der Waals surface area contributed by atoms with Gasteiger partial charge in [0.15, 0.2) is 0 Å². The number of likely N-dealkylation sites (N-methyl/N-ethyl adjacent to an activating group) is 1. The van der Waals surface area contributed by atoms with Gasteiger partial charge in [0.25, 0.3) is 5.91 Å². The Morgan fingerprint density at radius 1 is 1.23 bits per heavy atom. The number of halogens is 1. The summed E-state index contributed by atoms with van der Waals surface area (Å²) in [6, 6.07) is 12.7. The van der Waals surface area contributed by atoms with Crippen molar-refractivity contribution >= 4 is 22.5 Å². The number of allylic oxidation sites excluding steroid dienone is 1. The Labute approximate surface area is 203 Å². The third-order valence-corrected chi connectivity index (χ3v) is 7.16. The van der Waals surface area contributed by atoms with Gasteiger partial charge in [0.2, 0.25) is 0 Å². The second-order valence-electron chi connectivity index (χ2n) is 9.48. The molecule has 0 spiro atoms. The molecular weight excluding hydrogens is 443 g/mol. The van der Waals surface area contributed by atoms with Gasteiger partial charge in [0.1, 0.15) is 17.6 Å². The molecule has 0 aliphatic carbocycles. The van der Waals surface area contributed by atoms with E-state index in [0.717, 1.165) is 28.6 Å². The third-order valence-electron chi connectivity index (χ3n) is 7.16. The molecule has 35 heavy (non-hydrogen) atoms. The van der Waals surface area contributed by atoms with Crippen LogP contribution in [0.5, 0.6) is 0 Å². The van der Waals surface area contributed by atoms with E-state index in [-0.39, 0.29) is 17.4 Å². The molecule has 1 amide bonds. The number of nitrogens with zero attached hydrogens (tertiary/aromatic N) is 6. The normalized spacial score (nSPS) is 19.9. The van der Waals surface area contributed by atoms with Gasteiger partial charge in [-0.1, -0.05) is 12.1 Å². The summed E-state index contributed by atoms with van der Waals surface area (Å²) in [5.74, 6) is -1.03.